The fourth-order valence-electron chi connectivity index (χ4n) is 5.08. The monoisotopic (exact) mass is 510 g/mol. The number of hydrogen-bond donors (Lipinski definition) is 0. The Labute approximate surface area is 224 Å². The first-order chi connectivity index (χ1) is 18.1. The summed E-state index contributed by atoms with van der Waals surface area (Å²) in [4.78, 5) is 6.30. The molecule has 0 radical (unpaired) electrons. The Morgan fingerprint density at radius 2 is 1.57 bits per heavy atom. The van der Waals surface area contributed by atoms with Gasteiger partial charge in [-0.25, -0.2) is 0 Å². The number of hydrogen-bond acceptors (Lipinski definition) is 6. The Morgan fingerprint density at radius 1 is 0.865 bits per heavy atom. The van der Waals surface area contributed by atoms with Crippen LogP contribution in [0.2, 0.25) is 0 Å². The number of aryl methyl sites for hydroxylation is 2. The molecule has 0 amide bonds. The van der Waals surface area contributed by atoms with Gasteiger partial charge in [0.2, 0.25) is 0 Å². The number of tetrazole rings is 1. The third-order valence-electron chi connectivity index (χ3n) is 7.07. The highest BCUT2D eigenvalue weighted by Gasteiger charge is 2.31. The van der Waals surface area contributed by atoms with E-state index in [1.54, 1.807) is 11.8 Å². The third kappa shape index (κ3) is 5.85. The summed E-state index contributed by atoms with van der Waals surface area (Å²) in [6, 6.07) is 25.7. The van der Waals surface area contributed by atoms with Crippen LogP contribution in [0.15, 0.2) is 83.8 Å². The van der Waals surface area contributed by atoms with Crippen LogP contribution in [0.4, 0.5) is 0 Å². The Balaban J connectivity index is 1.39. The van der Waals surface area contributed by atoms with Crippen LogP contribution in [0.25, 0.3) is 11.8 Å². The van der Waals surface area contributed by atoms with Crippen molar-refractivity contribution in [1.29, 1.82) is 0 Å². The van der Waals surface area contributed by atoms with Gasteiger partial charge in [0.05, 0.1) is 11.7 Å². The molecule has 1 atom stereocenters. The van der Waals surface area contributed by atoms with Crippen LogP contribution in [0.3, 0.4) is 0 Å². The second-order valence-electron chi connectivity index (χ2n) is 9.51. The highest BCUT2D eigenvalue weighted by Crippen LogP contribution is 2.32. The van der Waals surface area contributed by atoms with Crippen LogP contribution in [0.5, 0.6) is 0 Å². The summed E-state index contributed by atoms with van der Waals surface area (Å²) in [5.41, 5.74) is 5.86. The molecule has 0 spiro atoms. The summed E-state index contributed by atoms with van der Waals surface area (Å²) in [5.74, 6) is 0.867. The van der Waals surface area contributed by atoms with E-state index >= 15 is 0 Å². The zero-order valence-electron chi connectivity index (χ0n) is 21.8. The average Bonchev–Trinajstić information content (AvgIpc) is 3.39. The Kier molecular flexibility index (Phi) is 8.14. The average molecular weight is 511 g/mol. The molecule has 5 rings (SSSR count). The van der Waals surface area contributed by atoms with Gasteiger partial charge in [0.25, 0.3) is 0 Å². The molecule has 1 saturated heterocycles. The highest BCUT2D eigenvalue weighted by atomic mass is 32.2. The molecule has 0 N–H and O–H groups in total. The highest BCUT2D eigenvalue weighted by molar-refractivity contribution is 7.98. The molecule has 3 aromatic carbocycles. The van der Waals surface area contributed by atoms with Crippen molar-refractivity contribution in [2.45, 2.75) is 24.8 Å². The maximum absolute atomic E-state index is 4.60. The van der Waals surface area contributed by atoms with Gasteiger partial charge in [-0.3, -0.25) is 9.80 Å². The summed E-state index contributed by atoms with van der Waals surface area (Å²) < 4.78 is 1.95. The van der Waals surface area contributed by atoms with Crippen LogP contribution in [0.1, 0.15) is 34.1 Å². The summed E-state index contributed by atoms with van der Waals surface area (Å²) in [7, 11) is 0. The molecule has 1 aromatic heterocycles. The van der Waals surface area contributed by atoms with Gasteiger partial charge in [-0.05, 0) is 64.9 Å². The van der Waals surface area contributed by atoms with Crippen LogP contribution in [0, 0.1) is 13.8 Å². The zero-order valence-corrected chi connectivity index (χ0v) is 22.6. The minimum atomic E-state index is -0.0214. The van der Waals surface area contributed by atoms with Crippen molar-refractivity contribution in [2.75, 3.05) is 39.0 Å². The van der Waals surface area contributed by atoms with Crippen molar-refractivity contribution in [2.24, 2.45) is 0 Å². The molecule has 1 fully saturated rings. The van der Waals surface area contributed by atoms with Crippen molar-refractivity contribution >= 4 is 17.8 Å². The van der Waals surface area contributed by atoms with Crippen molar-refractivity contribution < 1.29 is 0 Å². The number of piperazine rings is 1. The SMILES string of the molecule is CSc1ccc(C(c2nnnn2-c2c(C)cccc2C)N2CCN(CC=Cc3ccccc3)CC2)cc1. The normalized spacial score (nSPS) is 15.9. The van der Waals surface area contributed by atoms with Crippen LogP contribution < -0.4 is 0 Å². The van der Waals surface area contributed by atoms with Crippen molar-refractivity contribution in [3.05, 3.63) is 107 Å². The molecular weight excluding hydrogens is 476 g/mol. The quantitative estimate of drug-likeness (QED) is 0.295. The Morgan fingerprint density at radius 3 is 2.24 bits per heavy atom. The molecule has 0 aliphatic carbocycles. The number of benzene rings is 3. The van der Waals surface area contributed by atoms with Gasteiger partial charge in [-0.15, -0.1) is 16.9 Å². The van der Waals surface area contributed by atoms with E-state index in [0.717, 1.165) is 44.2 Å². The lowest BCUT2D eigenvalue weighted by atomic mass is 10.0. The number of para-hydroxylation sites is 1. The van der Waals surface area contributed by atoms with E-state index in [4.69, 9.17) is 0 Å². The minimum absolute atomic E-state index is 0.0214. The Bertz CT molecular complexity index is 1300. The maximum Gasteiger partial charge on any atom is 0.178 e. The summed E-state index contributed by atoms with van der Waals surface area (Å²) in [5, 5.41) is 13.2. The number of nitrogens with zero attached hydrogens (tertiary/aromatic N) is 6. The van der Waals surface area contributed by atoms with Gasteiger partial charge < -0.3 is 0 Å². The lowest BCUT2D eigenvalue weighted by Crippen LogP contribution is -2.48. The van der Waals surface area contributed by atoms with Crippen LogP contribution in [-0.2, 0) is 0 Å². The lowest BCUT2D eigenvalue weighted by Gasteiger charge is -2.38. The first kappa shape index (κ1) is 25.4. The van der Waals surface area contributed by atoms with Crippen LogP contribution >= 0.6 is 11.8 Å². The van der Waals surface area contributed by atoms with E-state index < -0.39 is 0 Å². The Hall–Kier alpha value is -3.26. The minimum Gasteiger partial charge on any atom is -0.297 e. The molecular formula is C30H34N6S. The molecule has 37 heavy (non-hydrogen) atoms. The van der Waals surface area contributed by atoms with Gasteiger partial charge in [-0.2, -0.15) is 4.68 Å². The van der Waals surface area contributed by atoms with E-state index in [1.807, 2.05) is 4.68 Å². The first-order valence-corrected chi connectivity index (χ1v) is 14.0. The number of aromatic nitrogens is 4. The molecule has 0 saturated carbocycles. The van der Waals surface area contributed by atoms with Crippen LogP contribution in [-0.4, -0.2) is 69.0 Å². The summed E-state index contributed by atoms with van der Waals surface area (Å²) in [6.07, 6.45) is 6.59. The molecule has 4 aromatic rings. The van der Waals surface area contributed by atoms with E-state index in [0.29, 0.717) is 0 Å². The van der Waals surface area contributed by atoms with Gasteiger partial charge in [0.1, 0.15) is 0 Å². The molecule has 1 aliphatic heterocycles. The predicted octanol–water partition coefficient (Wildman–Crippen LogP) is 5.42. The fraction of sp³-hybridized carbons (Fsp3) is 0.300. The number of thioether (sulfide) groups is 1. The molecule has 190 valence electrons. The van der Waals surface area contributed by atoms with Gasteiger partial charge in [0.15, 0.2) is 5.82 Å². The van der Waals surface area contributed by atoms with Gasteiger partial charge in [-0.1, -0.05) is 72.8 Å². The third-order valence-corrected chi connectivity index (χ3v) is 7.81. The largest absolute Gasteiger partial charge is 0.297 e. The molecule has 7 heteroatoms. The lowest BCUT2D eigenvalue weighted by molar-refractivity contribution is 0.113. The van der Waals surface area contributed by atoms with E-state index in [-0.39, 0.29) is 6.04 Å². The van der Waals surface area contributed by atoms with Gasteiger partial charge >= 0.3 is 0 Å². The molecule has 6 nitrogen and oxygen atoms in total. The molecule has 0 bridgehead atoms. The first-order valence-electron chi connectivity index (χ1n) is 12.8. The standard InChI is InChI=1S/C30H34N6S/c1-23-9-7-10-24(2)28(23)36-30(31-32-33-36)29(26-14-16-27(37-3)17-15-26)35-21-19-34(20-22-35)18-8-13-25-11-5-4-6-12-25/h4-17,29H,18-22H2,1-3H3. The van der Waals surface area contributed by atoms with Crippen molar-refractivity contribution in [3.63, 3.8) is 0 Å². The van der Waals surface area contributed by atoms with Crippen molar-refractivity contribution in [3.8, 4) is 5.69 Å². The summed E-state index contributed by atoms with van der Waals surface area (Å²) >= 11 is 1.76. The molecule has 2 heterocycles. The molecule has 1 aliphatic rings. The van der Waals surface area contributed by atoms with Crippen molar-refractivity contribution in [1.82, 2.24) is 30.0 Å². The molecule has 1 unspecified atom stereocenters. The predicted molar refractivity (Wildman–Crippen MR) is 152 cm³/mol. The zero-order chi connectivity index (χ0) is 25.6. The van der Waals surface area contributed by atoms with E-state index in [1.165, 1.54) is 27.1 Å². The van der Waals surface area contributed by atoms with E-state index in [9.17, 15) is 0 Å². The van der Waals surface area contributed by atoms with E-state index in [2.05, 4.69) is 130 Å². The fourth-order valence-corrected chi connectivity index (χ4v) is 5.49. The topological polar surface area (TPSA) is 50.1 Å². The summed E-state index contributed by atoms with van der Waals surface area (Å²) in [6.45, 7) is 9.11. The van der Waals surface area contributed by atoms with Gasteiger partial charge in [0, 0.05) is 37.6 Å². The second kappa shape index (κ2) is 11.9. The maximum atomic E-state index is 4.60. The second-order valence-corrected chi connectivity index (χ2v) is 10.4. The number of rotatable bonds is 8. The smallest absolute Gasteiger partial charge is 0.178 e.